The zero-order valence-electron chi connectivity index (χ0n) is 14.6. The van der Waals surface area contributed by atoms with Crippen LogP contribution in [0.15, 0.2) is 48.1 Å². The third kappa shape index (κ3) is 4.02. The fourth-order valence-corrected chi connectivity index (χ4v) is 2.94. The van der Waals surface area contributed by atoms with E-state index >= 15 is 0 Å². The van der Waals surface area contributed by atoms with E-state index in [2.05, 4.69) is 35.1 Å². The fourth-order valence-electron chi connectivity index (χ4n) is 2.94. The van der Waals surface area contributed by atoms with Crippen molar-refractivity contribution in [3.8, 4) is 11.4 Å². The Labute approximate surface area is 147 Å². The first kappa shape index (κ1) is 17.1. The highest BCUT2D eigenvalue weighted by Crippen LogP contribution is 2.28. The zero-order chi connectivity index (χ0) is 17.8. The Hall–Kier alpha value is -2.76. The molecule has 1 unspecified atom stereocenters. The van der Waals surface area contributed by atoms with Crippen molar-refractivity contribution >= 4 is 5.97 Å². The number of tetrazole rings is 1. The number of rotatable bonds is 5. The van der Waals surface area contributed by atoms with E-state index < -0.39 is 0 Å². The average molecular weight is 338 g/mol. The maximum Gasteiger partial charge on any atom is 0.338 e. The molecule has 1 aliphatic rings. The second-order valence-corrected chi connectivity index (χ2v) is 6.46. The number of benzene rings is 1. The molecule has 1 aromatic carbocycles. The van der Waals surface area contributed by atoms with Gasteiger partial charge in [0, 0.05) is 12.6 Å². The van der Waals surface area contributed by atoms with Crippen LogP contribution in [-0.4, -0.2) is 32.8 Å². The van der Waals surface area contributed by atoms with Crippen molar-refractivity contribution in [2.75, 3.05) is 6.61 Å². The number of aromatic nitrogens is 4. The fraction of sp³-hybridized carbons (Fsp3) is 0.368. The third-order valence-corrected chi connectivity index (χ3v) is 4.59. The van der Waals surface area contributed by atoms with Crippen molar-refractivity contribution < 1.29 is 9.53 Å². The molecule has 6 heteroatoms. The summed E-state index contributed by atoms with van der Waals surface area (Å²) in [7, 11) is 1.77. The topological polar surface area (TPSA) is 69.9 Å². The van der Waals surface area contributed by atoms with Crippen LogP contribution in [-0.2, 0) is 11.8 Å². The van der Waals surface area contributed by atoms with Gasteiger partial charge < -0.3 is 4.74 Å². The number of hydrogen-bond acceptors (Lipinski definition) is 5. The Kier molecular flexibility index (Phi) is 5.07. The quantitative estimate of drug-likeness (QED) is 0.618. The number of nitrogens with zero attached hydrogens (tertiary/aromatic N) is 4. The molecule has 0 saturated heterocycles. The summed E-state index contributed by atoms with van der Waals surface area (Å²) in [6, 6.07) is 7.11. The molecule has 25 heavy (non-hydrogen) atoms. The number of aryl methyl sites for hydroxylation is 1. The molecule has 0 N–H and O–H groups in total. The monoisotopic (exact) mass is 338 g/mol. The first-order valence-corrected chi connectivity index (χ1v) is 8.38. The van der Waals surface area contributed by atoms with Gasteiger partial charge in [0.1, 0.15) is 6.61 Å². The smallest absolute Gasteiger partial charge is 0.338 e. The summed E-state index contributed by atoms with van der Waals surface area (Å²) in [5.41, 5.74) is 3.79. The van der Waals surface area contributed by atoms with E-state index in [0.717, 1.165) is 24.8 Å². The van der Waals surface area contributed by atoms with Gasteiger partial charge in [-0.15, -0.1) is 5.10 Å². The Morgan fingerprint density at radius 1 is 1.36 bits per heavy atom. The van der Waals surface area contributed by atoms with Gasteiger partial charge in [-0.05, 0) is 60.2 Å². The lowest BCUT2D eigenvalue weighted by Gasteiger charge is -2.22. The summed E-state index contributed by atoms with van der Waals surface area (Å²) in [5, 5.41) is 11.4. The molecule has 6 nitrogen and oxygen atoms in total. The summed E-state index contributed by atoms with van der Waals surface area (Å²) in [5.74, 6) is 0.895. The number of ether oxygens (including phenoxy) is 1. The van der Waals surface area contributed by atoms with Crippen LogP contribution < -0.4 is 0 Å². The van der Waals surface area contributed by atoms with E-state index in [1.165, 1.54) is 11.1 Å². The minimum Gasteiger partial charge on any atom is -0.458 e. The zero-order valence-corrected chi connectivity index (χ0v) is 14.6. The number of hydrogen-bond donors (Lipinski definition) is 0. The van der Waals surface area contributed by atoms with Crippen LogP contribution >= 0.6 is 0 Å². The van der Waals surface area contributed by atoms with Crippen LogP contribution in [0.1, 0.15) is 36.5 Å². The summed E-state index contributed by atoms with van der Waals surface area (Å²) in [4.78, 5) is 12.2. The molecule has 130 valence electrons. The molecule has 2 aromatic rings. The Morgan fingerprint density at radius 3 is 2.68 bits per heavy atom. The second kappa shape index (κ2) is 7.42. The highest BCUT2D eigenvalue weighted by atomic mass is 16.5. The SMILES string of the molecule is C=C(C)C1CC=C(COC(=O)c2ccc(-c3nnnn3C)cc2)CC1. The van der Waals surface area contributed by atoms with Crippen molar-refractivity contribution in [3.63, 3.8) is 0 Å². The average Bonchev–Trinajstić information content (AvgIpc) is 3.06. The lowest BCUT2D eigenvalue weighted by atomic mass is 9.86. The normalized spacial score (nSPS) is 17.0. The highest BCUT2D eigenvalue weighted by molar-refractivity contribution is 5.90. The molecular formula is C19H22N4O2. The van der Waals surface area contributed by atoms with E-state index in [1.54, 1.807) is 23.9 Å². The summed E-state index contributed by atoms with van der Waals surface area (Å²) in [6.07, 6.45) is 5.21. The Morgan fingerprint density at radius 2 is 2.12 bits per heavy atom. The van der Waals surface area contributed by atoms with Crippen LogP contribution in [0.5, 0.6) is 0 Å². The molecule has 0 saturated carbocycles. The van der Waals surface area contributed by atoms with E-state index in [4.69, 9.17) is 4.74 Å². The number of carbonyl (C=O) groups is 1. The van der Waals surface area contributed by atoms with Gasteiger partial charge in [-0.2, -0.15) is 0 Å². The largest absolute Gasteiger partial charge is 0.458 e. The molecule has 0 radical (unpaired) electrons. The van der Waals surface area contributed by atoms with Gasteiger partial charge in [-0.1, -0.05) is 30.4 Å². The maximum atomic E-state index is 12.2. The van der Waals surface area contributed by atoms with Gasteiger partial charge in [-0.3, -0.25) is 0 Å². The van der Waals surface area contributed by atoms with Gasteiger partial charge >= 0.3 is 5.97 Å². The molecule has 1 atom stereocenters. The summed E-state index contributed by atoms with van der Waals surface area (Å²) in [6.45, 7) is 6.45. The minimum atomic E-state index is -0.314. The molecule has 1 aliphatic carbocycles. The molecule has 0 amide bonds. The second-order valence-electron chi connectivity index (χ2n) is 6.46. The van der Waals surface area contributed by atoms with E-state index in [1.807, 2.05) is 12.1 Å². The highest BCUT2D eigenvalue weighted by Gasteiger charge is 2.16. The van der Waals surface area contributed by atoms with E-state index in [-0.39, 0.29) is 5.97 Å². The van der Waals surface area contributed by atoms with Crippen molar-refractivity contribution in [2.45, 2.75) is 26.2 Å². The summed E-state index contributed by atoms with van der Waals surface area (Å²) < 4.78 is 7.03. The van der Waals surface area contributed by atoms with Crippen LogP contribution in [0, 0.1) is 5.92 Å². The van der Waals surface area contributed by atoms with E-state index in [9.17, 15) is 4.79 Å². The maximum absolute atomic E-state index is 12.2. The predicted octanol–water partition coefficient (Wildman–Crippen LogP) is 3.34. The van der Waals surface area contributed by atoms with Crippen LogP contribution in [0.3, 0.4) is 0 Å². The molecule has 1 heterocycles. The van der Waals surface area contributed by atoms with Crippen molar-refractivity contribution in [1.29, 1.82) is 0 Å². The predicted molar refractivity (Wildman–Crippen MR) is 94.8 cm³/mol. The molecule has 0 aliphatic heterocycles. The number of esters is 1. The molecular weight excluding hydrogens is 316 g/mol. The third-order valence-electron chi connectivity index (χ3n) is 4.59. The van der Waals surface area contributed by atoms with Gasteiger partial charge in [-0.25, -0.2) is 9.48 Å². The van der Waals surface area contributed by atoms with Gasteiger partial charge in [0.25, 0.3) is 0 Å². The van der Waals surface area contributed by atoms with Crippen molar-refractivity contribution in [2.24, 2.45) is 13.0 Å². The minimum absolute atomic E-state index is 0.314. The standard InChI is InChI=1S/C19H22N4O2/c1-13(2)15-6-4-14(5-7-15)12-25-19(24)17-10-8-16(9-11-17)18-20-21-22-23(18)3/h4,8-11,15H,1,5-7,12H2,2-3H3. The first-order chi connectivity index (χ1) is 12.0. The molecule has 0 fully saturated rings. The van der Waals surface area contributed by atoms with Crippen molar-refractivity contribution in [1.82, 2.24) is 20.2 Å². The molecule has 3 rings (SSSR count). The number of allylic oxidation sites excluding steroid dienone is 2. The van der Waals surface area contributed by atoms with Gasteiger partial charge in [0.05, 0.1) is 5.56 Å². The molecule has 1 aromatic heterocycles. The van der Waals surface area contributed by atoms with Crippen LogP contribution in [0.4, 0.5) is 0 Å². The lowest BCUT2D eigenvalue weighted by Crippen LogP contribution is -2.12. The Balaban J connectivity index is 1.57. The van der Waals surface area contributed by atoms with Crippen molar-refractivity contribution in [3.05, 3.63) is 53.6 Å². The molecule has 0 spiro atoms. The van der Waals surface area contributed by atoms with Crippen LogP contribution in [0.2, 0.25) is 0 Å². The van der Waals surface area contributed by atoms with Gasteiger partial charge in [0.2, 0.25) is 0 Å². The summed E-state index contributed by atoms with van der Waals surface area (Å²) >= 11 is 0. The van der Waals surface area contributed by atoms with E-state index in [0.29, 0.717) is 23.9 Å². The van der Waals surface area contributed by atoms with Gasteiger partial charge in [0.15, 0.2) is 5.82 Å². The number of carbonyl (C=O) groups excluding carboxylic acids is 1. The lowest BCUT2D eigenvalue weighted by molar-refractivity contribution is 0.0535. The first-order valence-electron chi connectivity index (χ1n) is 8.38. The van der Waals surface area contributed by atoms with Crippen LogP contribution in [0.25, 0.3) is 11.4 Å². The molecule has 0 bridgehead atoms. The Bertz CT molecular complexity index is 805.